The number of nitro benzene ring substituents is 1. The van der Waals surface area contributed by atoms with E-state index in [0.717, 1.165) is 6.07 Å². The third-order valence-electron chi connectivity index (χ3n) is 2.61. The van der Waals surface area contributed by atoms with Crippen molar-refractivity contribution < 1.29 is 14.1 Å². The Morgan fingerprint density at radius 3 is 2.67 bits per heavy atom. The van der Waals surface area contributed by atoms with E-state index < -0.39 is 16.6 Å². The van der Waals surface area contributed by atoms with Crippen molar-refractivity contribution >= 4 is 55.8 Å². The molecule has 108 valence electrons. The Bertz CT molecular complexity index is 719. The summed E-state index contributed by atoms with van der Waals surface area (Å²) in [7, 11) is 0. The number of hydrogen-bond donors (Lipinski definition) is 1. The summed E-state index contributed by atoms with van der Waals surface area (Å²) in [6.07, 6.45) is 0. The van der Waals surface area contributed by atoms with Crippen LogP contribution >= 0.6 is 38.5 Å². The van der Waals surface area contributed by atoms with Gasteiger partial charge in [-0.05, 0) is 56.7 Å². The van der Waals surface area contributed by atoms with Crippen LogP contribution in [0.4, 0.5) is 15.8 Å². The number of rotatable bonds is 3. The lowest BCUT2D eigenvalue weighted by atomic mass is 10.2. The molecule has 0 aliphatic rings. The van der Waals surface area contributed by atoms with Crippen molar-refractivity contribution in [3.63, 3.8) is 0 Å². The Morgan fingerprint density at radius 2 is 2.05 bits per heavy atom. The van der Waals surface area contributed by atoms with Crippen LogP contribution in [0.25, 0.3) is 0 Å². The fraction of sp³-hybridized carbons (Fsp3) is 0. The van der Waals surface area contributed by atoms with Crippen molar-refractivity contribution in [2.75, 3.05) is 5.32 Å². The van der Waals surface area contributed by atoms with Gasteiger partial charge in [-0.3, -0.25) is 14.9 Å². The number of carbonyl (C=O) groups is 1. The van der Waals surface area contributed by atoms with Crippen LogP contribution in [0.3, 0.4) is 0 Å². The van der Waals surface area contributed by atoms with Crippen LogP contribution in [0.15, 0.2) is 40.9 Å². The maximum Gasteiger partial charge on any atom is 0.270 e. The van der Waals surface area contributed by atoms with Crippen LogP contribution in [0.5, 0.6) is 0 Å². The molecule has 1 N–H and O–H groups in total. The Kier molecular flexibility index (Phi) is 4.88. The van der Waals surface area contributed by atoms with Crippen molar-refractivity contribution in [3.05, 3.63) is 65.9 Å². The lowest BCUT2D eigenvalue weighted by molar-refractivity contribution is -0.384. The van der Waals surface area contributed by atoms with Gasteiger partial charge in [-0.15, -0.1) is 0 Å². The Hall–Kier alpha value is -1.55. The van der Waals surface area contributed by atoms with E-state index in [9.17, 15) is 19.3 Å². The topological polar surface area (TPSA) is 72.2 Å². The Balaban J connectivity index is 2.37. The minimum Gasteiger partial charge on any atom is -0.318 e. The molecule has 0 unspecified atom stereocenters. The molecule has 0 atom stereocenters. The molecular weight excluding hydrogens is 458 g/mol. The molecule has 2 aromatic rings. The van der Waals surface area contributed by atoms with Crippen LogP contribution in [0.1, 0.15) is 10.4 Å². The van der Waals surface area contributed by atoms with Gasteiger partial charge in [0, 0.05) is 20.2 Å². The number of anilines is 1. The fourth-order valence-corrected chi connectivity index (χ4v) is 2.62. The third kappa shape index (κ3) is 3.56. The highest BCUT2D eigenvalue weighted by Crippen LogP contribution is 2.27. The number of para-hydroxylation sites is 1. The predicted octanol–water partition coefficient (Wildman–Crippen LogP) is 4.35. The highest BCUT2D eigenvalue weighted by Gasteiger charge is 2.17. The van der Waals surface area contributed by atoms with Gasteiger partial charge in [0.25, 0.3) is 11.6 Å². The average molecular weight is 465 g/mol. The van der Waals surface area contributed by atoms with Gasteiger partial charge in [0.2, 0.25) is 0 Å². The molecule has 1 amide bonds. The Morgan fingerprint density at radius 1 is 1.33 bits per heavy atom. The first-order valence-electron chi connectivity index (χ1n) is 5.59. The minimum absolute atomic E-state index is 0.00944. The standard InChI is InChI=1S/C13H7BrFIN2O3/c14-9-2-1-3-10(15)12(9)17-13(19)8-6-7(18(20)21)4-5-11(8)16/h1-6H,(H,17,19). The van der Waals surface area contributed by atoms with Gasteiger partial charge in [-0.25, -0.2) is 4.39 Å². The van der Waals surface area contributed by atoms with E-state index in [-0.39, 0.29) is 16.9 Å². The van der Waals surface area contributed by atoms with Gasteiger partial charge in [-0.1, -0.05) is 6.07 Å². The molecule has 2 aromatic carbocycles. The summed E-state index contributed by atoms with van der Waals surface area (Å²) in [5, 5.41) is 13.2. The molecule has 5 nitrogen and oxygen atoms in total. The molecule has 0 fully saturated rings. The molecule has 0 saturated heterocycles. The maximum atomic E-state index is 13.7. The van der Waals surface area contributed by atoms with Crippen LogP contribution in [0, 0.1) is 19.5 Å². The highest BCUT2D eigenvalue weighted by atomic mass is 127. The third-order valence-corrected chi connectivity index (χ3v) is 4.21. The summed E-state index contributed by atoms with van der Waals surface area (Å²) in [6, 6.07) is 8.20. The predicted molar refractivity (Wildman–Crippen MR) is 87.9 cm³/mol. The van der Waals surface area contributed by atoms with Gasteiger partial charge in [0.1, 0.15) is 5.82 Å². The van der Waals surface area contributed by atoms with Gasteiger partial charge < -0.3 is 5.32 Å². The number of carbonyl (C=O) groups excluding carboxylic acids is 1. The SMILES string of the molecule is O=C(Nc1c(F)cccc1Br)c1cc([N+](=O)[O-])ccc1I. The number of hydrogen-bond acceptors (Lipinski definition) is 3. The van der Waals surface area contributed by atoms with Gasteiger partial charge >= 0.3 is 0 Å². The number of halogens is 3. The molecule has 0 aliphatic heterocycles. The molecule has 0 heterocycles. The summed E-state index contributed by atoms with van der Waals surface area (Å²) in [4.78, 5) is 22.4. The maximum absolute atomic E-state index is 13.7. The van der Waals surface area contributed by atoms with Crippen molar-refractivity contribution in [2.45, 2.75) is 0 Å². The molecular formula is C13H7BrFIN2O3. The normalized spacial score (nSPS) is 10.2. The minimum atomic E-state index is -0.617. The molecule has 8 heteroatoms. The van der Waals surface area contributed by atoms with Crippen molar-refractivity contribution in [2.24, 2.45) is 0 Å². The van der Waals surface area contributed by atoms with Gasteiger partial charge in [0.15, 0.2) is 0 Å². The van der Waals surface area contributed by atoms with E-state index in [4.69, 9.17) is 0 Å². The fourth-order valence-electron chi connectivity index (χ4n) is 1.60. The molecule has 21 heavy (non-hydrogen) atoms. The number of nitro groups is 1. The summed E-state index contributed by atoms with van der Waals surface area (Å²) in [5.41, 5.74) is -0.0991. The zero-order valence-corrected chi connectivity index (χ0v) is 14.0. The van der Waals surface area contributed by atoms with Crippen molar-refractivity contribution in [1.29, 1.82) is 0 Å². The van der Waals surface area contributed by atoms with Crippen molar-refractivity contribution in [3.8, 4) is 0 Å². The number of nitrogens with one attached hydrogen (secondary N) is 1. The van der Waals surface area contributed by atoms with E-state index in [1.807, 2.05) is 22.6 Å². The molecule has 0 saturated carbocycles. The van der Waals surface area contributed by atoms with E-state index >= 15 is 0 Å². The quantitative estimate of drug-likeness (QED) is 0.417. The van der Waals surface area contributed by atoms with E-state index in [1.165, 1.54) is 24.3 Å². The second-order valence-corrected chi connectivity index (χ2v) is 5.99. The summed E-state index contributed by atoms with van der Waals surface area (Å²) < 4.78 is 14.6. The second kappa shape index (κ2) is 6.48. The van der Waals surface area contributed by atoms with E-state index in [2.05, 4.69) is 21.2 Å². The molecule has 0 spiro atoms. The summed E-state index contributed by atoms with van der Waals surface area (Å²) in [5.74, 6) is -1.22. The average Bonchev–Trinajstić information content (AvgIpc) is 2.43. The molecule has 0 aromatic heterocycles. The van der Waals surface area contributed by atoms with E-state index in [1.54, 1.807) is 6.07 Å². The lowest BCUT2D eigenvalue weighted by Gasteiger charge is -2.09. The monoisotopic (exact) mass is 464 g/mol. The summed E-state index contributed by atoms with van der Waals surface area (Å²) >= 11 is 5.03. The zero-order chi connectivity index (χ0) is 15.6. The second-order valence-electron chi connectivity index (χ2n) is 3.97. The number of amides is 1. The number of non-ortho nitro benzene ring substituents is 1. The lowest BCUT2D eigenvalue weighted by Crippen LogP contribution is -2.15. The smallest absolute Gasteiger partial charge is 0.270 e. The van der Waals surface area contributed by atoms with Crippen LogP contribution in [-0.4, -0.2) is 10.8 Å². The first kappa shape index (κ1) is 15.8. The summed E-state index contributed by atoms with van der Waals surface area (Å²) in [6.45, 7) is 0. The molecule has 0 radical (unpaired) electrons. The number of nitrogens with zero attached hydrogens (tertiary/aromatic N) is 1. The molecule has 2 rings (SSSR count). The van der Waals surface area contributed by atoms with E-state index in [0.29, 0.717) is 8.04 Å². The van der Waals surface area contributed by atoms with Crippen molar-refractivity contribution in [1.82, 2.24) is 0 Å². The number of benzene rings is 2. The molecule has 0 aliphatic carbocycles. The molecule has 0 bridgehead atoms. The van der Waals surface area contributed by atoms with Crippen LogP contribution in [0.2, 0.25) is 0 Å². The first-order chi connectivity index (χ1) is 9.90. The first-order valence-corrected chi connectivity index (χ1v) is 7.46. The Labute approximate surface area is 141 Å². The highest BCUT2D eigenvalue weighted by molar-refractivity contribution is 14.1. The van der Waals surface area contributed by atoms with Gasteiger partial charge in [-0.2, -0.15) is 0 Å². The zero-order valence-electron chi connectivity index (χ0n) is 10.3. The largest absolute Gasteiger partial charge is 0.318 e. The van der Waals surface area contributed by atoms with Crippen LogP contribution in [-0.2, 0) is 0 Å². The van der Waals surface area contributed by atoms with Crippen LogP contribution < -0.4 is 5.32 Å². The van der Waals surface area contributed by atoms with Gasteiger partial charge in [0.05, 0.1) is 16.2 Å².